The third-order valence-electron chi connectivity index (χ3n) is 6.01. The molecule has 0 N–H and O–H groups in total. The first-order valence-electron chi connectivity index (χ1n) is 9.77. The van der Waals surface area contributed by atoms with Crippen molar-refractivity contribution in [3.63, 3.8) is 0 Å². The Balaban J connectivity index is 1.40. The van der Waals surface area contributed by atoms with Crippen LogP contribution in [0, 0.1) is 6.92 Å². The van der Waals surface area contributed by atoms with Crippen molar-refractivity contribution < 1.29 is 14.3 Å². The molecule has 3 heterocycles. The molecular weight excluding hydrogens is 342 g/mol. The SMILES string of the molecule is Cc1c(CC(=O)N2CCN(C(=O)C3CCCO3)CC2)c2ccccc2n1C. The molecule has 2 fully saturated rings. The molecule has 0 bridgehead atoms. The van der Waals surface area contributed by atoms with E-state index in [1.807, 2.05) is 29.0 Å². The van der Waals surface area contributed by atoms with E-state index >= 15 is 0 Å². The third kappa shape index (κ3) is 3.34. The first kappa shape index (κ1) is 18.0. The Morgan fingerprint density at radius 3 is 2.52 bits per heavy atom. The minimum Gasteiger partial charge on any atom is -0.368 e. The zero-order valence-electron chi connectivity index (χ0n) is 16.1. The van der Waals surface area contributed by atoms with E-state index in [1.165, 1.54) is 0 Å². The zero-order valence-corrected chi connectivity index (χ0v) is 16.1. The Morgan fingerprint density at radius 1 is 1.11 bits per heavy atom. The molecular formula is C21H27N3O3. The van der Waals surface area contributed by atoms with Crippen LogP contribution >= 0.6 is 0 Å². The van der Waals surface area contributed by atoms with Crippen LogP contribution in [0.15, 0.2) is 24.3 Å². The number of ether oxygens (including phenoxy) is 1. The van der Waals surface area contributed by atoms with Gasteiger partial charge in [-0.15, -0.1) is 0 Å². The second-order valence-electron chi connectivity index (χ2n) is 7.52. The molecule has 6 heteroatoms. The predicted octanol–water partition coefficient (Wildman–Crippen LogP) is 1.88. The highest BCUT2D eigenvalue weighted by molar-refractivity contribution is 5.91. The van der Waals surface area contributed by atoms with Crippen LogP contribution in [-0.4, -0.2) is 65.1 Å². The Kier molecular flexibility index (Phi) is 4.91. The van der Waals surface area contributed by atoms with Crippen LogP contribution in [0.5, 0.6) is 0 Å². The molecule has 1 unspecified atom stereocenters. The van der Waals surface area contributed by atoms with Crippen molar-refractivity contribution in [1.29, 1.82) is 0 Å². The van der Waals surface area contributed by atoms with E-state index in [9.17, 15) is 9.59 Å². The van der Waals surface area contributed by atoms with Gasteiger partial charge in [0.05, 0.1) is 6.42 Å². The van der Waals surface area contributed by atoms with Gasteiger partial charge in [-0.05, 0) is 31.4 Å². The summed E-state index contributed by atoms with van der Waals surface area (Å²) in [6, 6.07) is 8.22. The van der Waals surface area contributed by atoms with Gasteiger partial charge in [-0.25, -0.2) is 0 Å². The van der Waals surface area contributed by atoms with Crippen molar-refractivity contribution in [2.45, 2.75) is 32.3 Å². The lowest BCUT2D eigenvalue weighted by Crippen LogP contribution is -2.53. The summed E-state index contributed by atoms with van der Waals surface area (Å²) in [5.41, 5.74) is 3.40. The first-order valence-corrected chi connectivity index (χ1v) is 9.77. The Hall–Kier alpha value is -2.34. The molecule has 0 aliphatic carbocycles. The molecule has 2 aliphatic heterocycles. The molecule has 1 aromatic heterocycles. The Labute approximate surface area is 159 Å². The summed E-state index contributed by atoms with van der Waals surface area (Å²) in [4.78, 5) is 29.1. The van der Waals surface area contributed by atoms with E-state index in [-0.39, 0.29) is 17.9 Å². The molecule has 27 heavy (non-hydrogen) atoms. The highest BCUT2D eigenvalue weighted by Gasteiger charge is 2.31. The topological polar surface area (TPSA) is 54.8 Å². The summed E-state index contributed by atoms with van der Waals surface area (Å²) < 4.78 is 7.65. The molecule has 144 valence electrons. The maximum absolute atomic E-state index is 12.9. The van der Waals surface area contributed by atoms with Gasteiger partial charge in [-0.3, -0.25) is 9.59 Å². The number of amides is 2. The van der Waals surface area contributed by atoms with Gasteiger partial charge in [0.1, 0.15) is 6.10 Å². The summed E-state index contributed by atoms with van der Waals surface area (Å²) in [6.07, 6.45) is 1.91. The monoisotopic (exact) mass is 369 g/mol. The van der Waals surface area contributed by atoms with Gasteiger partial charge < -0.3 is 19.1 Å². The van der Waals surface area contributed by atoms with Gasteiger partial charge in [0.15, 0.2) is 0 Å². The smallest absolute Gasteiger partial charge is 0.251 e. The largest absolute Gasteiger partial charge is 0.368 e. The fourth-order valence-corrected chi connectivity index (χ4v) is 4.24. The van der Waals surface area contributed by atoms with Crippen LogP contribution in [0.1, 0.15) is 24.1 Å². The van der Waals surface area contributed by atoms with Gasteiger partial charge in [-0.2, -0.15) is 0 Å². The van der Waals surface area contributed by atoms with E-state index in [2.05, 4.69) is 23.6 Å². The molecule has 0 saturated carbocycles. The van der Waals surface area contributed by atoms with E-state index < -0.39 is 0 Å². The number of fused-ring (bicyclic) bond motifs is 1. The first-order chi connectivity index (χ1) is 13.1. The minimum atomic E-state index is -0.273. The molecule has 2 aliphatic rings. The molecule has 4 rings (SSSR count). The molecule has 2 amide bonds. The summed E-state index contributed by atoms with van der Waals surface area (Å²) in [5, 5.41) is 1.15. The van der Waals surface area contributed by atoms with Crippen molar-refractivity contribution in [1.82, 2.24) is 14.4 Å². The van der Waals surface area contributed by atoms with Crippen molar-refractivity contribution in [2.75, 3.05) is 32.8 Å². The van der Waals surface area contributed by atoms with Crippen LogP contribution in [-0.2, 0) is 27.8 Å². The normalized spacial score (nSPS) is 20.4. The molecule has 6 nitrogen and oxygen atoms in total. The number of piperazine rings is 1. The summed E-state index contributed by atoms with van der Waals surface area (Å²) in [7, 11) is 2.04. The van der Waals surface area contributed by atoms with Crippen LogP contribution in [0.3, 0.4) is 0 Å². The highest BCUT2D eigenvalue weighted by atomic mass is 16.5. The highest BCUT2D eigenvalue weighted by Crippen LogP contribution is 2.26. The van der Waals surface area contributed by atoms with Gasteiger partial charge in [-0.1, -0.05) is 18.2 Å². The van der Waals surface area contributed by atoms with Crippen LogP contribution in [0.2, 0.25) is 0 Å². The standard InChI is InChI=1S/C21H27N3O3/c1-15-17(16-6-3-4-7-18(16)22(15)2)14-20(25)23-9-11-24(12-10-23)21(26)19-8-5-13-27-19/h3-4,6-7,19H,5,8-14H2,1-2H3. The summed E-state index contributed by atoms with van der Waals surface area (Å²) >= 11 is 0. The lowest BCUT2D eigenvalue weighted by atomic mass is 10.1. The molecule has 1 aromatic carbocycles. The number of carbonyl (C=O) groups is 2. The summed E-state index contributed by atoms with van der Waals surface area (Å²) in [5.74, 6) is 0.225. The van der Waals surface area contributed by atoms with E-state index in [0.29, 0.717) is 39.2 Å². The third-order valence-corrected chi connectivity index (χ3v) is 6.01. The number of aromatic nitrogens is 1. The number of hydrogen-bond acceptors (Lipinski definition) is 3. The Bertz CT molecular complexity index is 859. The molecule has 0 radical (unpaired) electrons. The van der Waals surface area contributed by atoms with Crippen molar-refractivity contribution in [2.24, 2.45) is 7.05 Å². The van der Waals surface area contributed by atoms with Gasteiger partial charge >= 0.3 is 0 Å². The lowest BCUT2D eigenvalue weighted by molar-refractivity contribution is -0.145. The average Bonchev–Trinajstić information content (AvgIpc) is 3.32. The van der Waals surface area contributed by atoms with E-state index in [1.54, 1.807) is 0 Å². The Morgan fingerprint density at radius 2 is 1.81 bits per heavy atom. The van der Waals surface area contributed by atoms with Crippen molar-refractivity contribution >= 4 is 22.7 Å². The number of nitrogens with zero attached hydrogens (tertiary/aromatic N) is 3. The number of carbonyl (C=O) groups excluding carboxylic acids is 2. The quantitative estimate of drug-likeness (QED) is 0.830. The number of para-hydroxylation sites is 1. The predicted molar refractivity (Wildman–Crippen MR) is 103 cm³/mol. The second kappa shape index (κ2) is 7.35. The molecule has 2 saturated heterocycles. The van der Waals surface area contributed by atoms with Crippen molar-refractivity contribution in [3.8, 4) is 0 Å². The number of benzene rings is 1. The minimum absolute atomic E-state index is 0.0875. The average molecular weight is 369 g/mol. The number of hydrogen-bond donors (Lipinski definition) is 0. The maximum atomic E-state index is 12.9. The van der Waals surface area contributed by atoms with E-state index in [0.717, 1.165) is 35.0 Å². The van der Waals surface area contributed by atoms with Crippen molar-refractivity contribution in [3.05, 3.63) is 35.5 Å². The lowest BCUT2D eigenvalue weighted by Gasteiger charge is -2.35. The molecule has 2 aromatic rings. The molecule has 1 atom stereocenters. The van der Waals surface area contributed by atoms with Crippen LogP contribution in [0.25, 0.3) is 10.9 Å². The van der Waals surface area contributed by atoms with E-state index in [4.69, 9.17) is 4.74 Å². The molecule has 0 spiro atoms. The zero-order chi connectivity index (χ0) is 19.0. The van der Waals surface area contributed by atoms with Gasteiger partial charge in [0, 0.05) is 56.4 Å². The second-order valence-corrected chi connectivity index (χ2v) is 7.52. The van der Waals surface area contributed by atoms with Gasteiger partial charge in [0.25, 0.3) is 5.91 Å². The fraction of sp³-hybridized carbons (Fsp3) is 0.524. The summed E-state index contributed by atoms with van der Waals surface area (Å²) in [6.45, 7) is 5.14. The van der Waals surface area contributed by atoms with Crippen LogP contribution in [0.4, 0.5) is 0 Å². The number of aryl methyl sites for hydroxylation is 1. The maximum Gasteiger partial charge on any atom is 0.251 e. The van der Waals surface area contributed by atoms with Gasteiger partial charge in [0.2, 0.25) is 5.91 Å². The van der Waals surface area contributed by atoms with Crippen LogP contribution < -0.4 is 0 Å². The fourth-order valence-electron chi connectivity index (χ4n) is 4.24. The number of rotatable bonds is 3.